The lowest BCUT2D eigenvalue weighted by Crippen LogP contribution is -2.77. The molecular formula is C25H29N3O3. The molecule has 162 valence electrons. The van der Waals surface area contributed by atoms with E-state index in [-0.39, 0.29) is 6.03 Å². The van der Waals surface area contributed by atoms with Crippen LogP contribution < -0.4 is 5.32 Å². The van der Waals surface area contributed by atoms with Crippen LogP contribution in [0.15, 0.2) is 60.7 Å². The molecule has 3 amide bonds. The van der Waals surface area contributed by atoms with Crippen molar-refractivity contribution in [2.24, 2.45) is 0 Å². The van der Waals surface area contributed by atoms with E-state index in [0.29, 0.717) is 0 Å². The molecule has 0 unspecified atom stereocenters. The van der Waals surface area contributed by atoms with Crippen molar-refractivity contribution in [3.05, 3.63) is 71.8 Å². The molecule has 1 aliphatic carbocycles. The van der Waals surface area contributed by atoms with Gasteiger partial charge in [-0.1, -0.05) is 60.7 Å². The second-order valence-electron chi connectivity index (χ2n) is 9.99. The van der Waals surface area contributed by atoms with Crippen molar-refractivity contribution in [1.82, 2.24) is 15.3 Å². The van der Waals surface area contributed by atoms with Gasteiger partial charge in [0.25, 0.3) is 0 Å². The number of hydrogen-bond acceptors (Lipinski definition) is 3. The van der Waals surface area contributed by atoms with Crippen LogP contribution in [0.5, 0.6) is 0 Å². The number of nitrogens with zero attached hydrogens (tertiary/aromatic N) is 2. The maximum atomic E-state index is 13.2. The Bertz CT molecular complexity index is 997. The maximum absolute atomic E-state index is 13.2. The first-order valence-electron chi connectivity index (χ1n) is 10.5. The lowest BCUT2D eigenvalue weighted by molar-refractivity contribution is -0.204. The average molecular weight is 420 g/mol. The van der Waals surface area contributed by atoms with Gasteiger partial charge in [-0.15, -0.1) is 5.06 Å². The second kappa shape index (κ2) is 6.87. The molecule has 2 aliphatic rings. The van der Waals surface area contributed by atoms with Gasteiger partial charge in [0, 0.05) is 22.2 Å². The molecule has 31 heavy (non-hydrogen) atoms. The van der Waals surface area contributed by atoms with Gasteiger partial charge in [0.15, 0.2) is 0 Å². The van der Waals surface area contributed by atoms with Gasteiger partial charge >= 0.3 is 12.1 Å². The molecule has 0 bridgehead atoms. The quantitative estimate of drug-likeness (QED) is 0.736. The zero-order valence-electron chi connectivity index (χ0n) is 18.9. The summed E-state index contributed by atoms with van der Waals surface area (Å²) in [4.78, 5) is 33.3. The molecule has 1 heterocycles. The molecule has 0 aromatic heterocycles. The summed E-state index contributed by atoms with van der Waals surface area (Å²) in [6.45, 7) is 11.6. The van der Waals surface area contributed by atoms with Crippen molar-refractivity contribution < 1.29 is 14.4 Å². The smallest absolute Gasteiger partial charge is 0.315 e. The van der Waals surface area contributed by atoms with E-state index in [9.17, 15) is 9.59 Å². The van der Waals surface area contributed by atoms with Crippen LogP contribution in [-0.2, 0) is 4.84 Å². The van der Waals surface area contributed by atoms with Gasteiger partial charge in [0.2, 0.25) is 5.66 Å². The number of rotatable bonds is 3. The van der Waals surface area contributed by atoms with Crippen molar-refractivity contribution >= 4 is 23.3 Å². The largest absolute Gasteiger partial charge is 0.432 e. The van der Waals surface area contributed by atoms with Gasteiger partial charge in [0.05, 0.1) is 0 Å². The lowest BCUT2D eigenvalue weighted by Gasteiger charge is -2.56. The van der Waals surface area contributed by atoms with E-state index in [0.717, 1.165) is 22.3 Å². The van der Waals surface area contributed by atoms with Gasteiger partial charge in [-0.2, -0.15) is 0 Å². The molecule has 4 rings (SSSR count). The van der Waals surface area contributed by atoms with E-state index < -0.39 is 22.8 Å². The summed E-state index contributed by atoms with van der Waals surface area (Å²) in [6.07, 6.45) is -0.652. The predicted octanol–water partition coefficient (Wildman–Crippen LogP) is 5.28. The molecular weight excluding hydrogens is 390 g/mol. The number of amides is 3. The zero-order valence-corrected chi connectivity index (χ0v) is 18.9. The predicted molar refractivity (Wildman–Crippen MR) is 121 cm³/mol. The first-order chi connectivity index (χ1) is 14.5. The minimum absolute atomic E-state index is 0.337. The van der Waals surface area contributed by atoms with Gasteiger partial charge in [-0.25, -0.2) is 9.59 Å². The van der Waals surface area contributed by atoms with Gasteiger partial charge in [-0.3, -0.25) is 4.90 Å². The van der Waals surface area contributed by atoms with Crippen molar-refractivity contribution in [3.63, 3.8) is 0 Å². The first kappa shape index (κ1) is 21.0. The summed E-state index contributed by atoms with van der Waals surface area (Å²) in [7, 11) is 0. The molecule has 2 aromatic carbocycles. The molecule has 1 fully saturated rings. The Morgan fingerprint density at radius 1 is 0.839 bits per heavy atom. The summed E-state index contributed by atoms with van der Waals surface area (Å²) < 4.78 is 0. The highest BCUT2D eigenvalue weighted by atomic mass is 16.7. The Hall–Kier alpha value is -3.28. The SMILES string of the molecule is CC(C)(C)NC(=O)ON1C(=O)N(C(C)(C)C)C12C(c1ccccc1)=C2c1ccccc1. The average Bonchev–Trinajstić information content (AvgIpc) is 3.37. The van der Waals surface area contributed by atoms with Crippen molar-refractivity contribution in [2.75, 3.05) is 0 Å². The van der Waals surface area contributed by atoms with E-state index in [2.05, 4.69) is 5.32 Å². The van der Waals surface area contributed by atoms with Crippen molar-refractivity contribution in [1.29, 1.82) is 0 Å². The summed E-state index contributed by atoms with van der Waals surface area (Å²) >= 11 is 0. The fraction of sp³-hybridized carbons (Fsp3) is 0.360. The third kappa shape index (κ3) is 3.36. The Morgan fingerprint density at radius 2 is 1.29 bits per heavy atom. The van der Waals surface area contributed by atoms with Crippen LogP contribution in [0.25, 0.3) is 11.1 Å². The van der Waals surface area contributed by atoms with Gasteiger partial charge < -0.3 is 10.2 Å². The van der Waals surface area contributed by atoms with Crippen LogP contribution in [0, 0.1) is 0 Å². The van der Waals surface area contributed by atoms with Crippen LogP contribution in [0.4, 0.5) is 9.59 Å². The molecule has 1 N–H and O–H groups in total. The van der Waals surface area contributed by atoms with Gasteiger partial charge in [0.1, 0.15) is 0 Å². The van der Waals surface area contributed by atoms with Gasteiger partial charge in [-0.05, 0) is 52.7 Å². The number of hydroxylamine groups is 2. The minimum atomic E-state index is -0.923. The molecule has 1 aliphatic heterocycles. The molecule has 0 atom stereocenters. The third-order valence-corrected chi connectivity index (χ3v) is 5.31. The first-order valence-corrected chi connectivity index (χ1v) is 10.5. The normalized spacial score (nSPS) is 17.5. The molecule has 0 radical (unpaired) electrons. The van der Waals surface area contributed by atoms with Crippen LogP contribution in [0.2, 0.25) is 0 Å². The van der Waals surface area contributed by atoms with Crippen LogP contribution in [-0.4, -0.2) is 38.8 Å². The topological polar surface area (TPSA) is 61.9 Å². The molecule has 2 aromatic rings. The zero-order chi connectivity index (χ0) is 22.6. The Kier molecular flexibility index (Phi) is 4.65. The monoisotopic (exact) mass is 419 g/mol. The number of hydrogen-bond donors (Lipinski definition) is 1. The Morgan fingerprint density at radius 3 is 1.68 bits per heavy atom. The summed E-state index contributed by atoms with van der Waals surface area (Å²) in [5.74, 6) is 0. The number of urea groups is 1. The number of carbonyl (C=O) groups excluding carboxylic acids is 2. The number of carbonyl (C=O) groups is 2. The number of benzene rings is 2. The van der Waals surface area contributed by atoms with Crippen molar-refractivity contribution in [3.8, 4) is 0 Å². The second-order valence-corrected chi connectivity index (χ2v) is 9.99. The highest BCUT2D eigenvalue weighted by molar-refractivity contribution is 6.23. The molecule has 6 nitrogen and oxygen atoms in total. The van der Waals surface area contributed by atoms with E-state index >= 15 is 0 Å². The fourth-order valence-electron chi connectivity index (χ4n) is 4.29. The van der Waals surface area contributed by atoms with E-state index in [1.165, 1.54) is 5.06 Å². The molecule has 1 spiro atoms. The Balaban J connectivity index is 1.81. The van der Waals surface area contributed by atoms with E-state index in [1.54, 1.807) is 4.90 Å². The maximum Gasteiger partial charge on any atom is 0.432 e. The van der Waals surface area contributed by atoms with E-state index in [4.69, 9.17) is 4.84 Å². The standard InChI is InChI=1S/C25H29N3O3/c1-23(2,3)26-21(29)31-28-22(30)27(24(4,5)6)25(28)19(17-13-9-7-10-14-17)20(25)18-15-11-8-12-16-18/h7-16H,1-6H3,(H,26,29). The minimum Gasteiger partial charge on any atom is -0.315 e. The summed E-state index contributed by atoms with van der Waals surface area (Å²) in [6, 6.07) is 19.5. The summed E-state index contributed by atoms with van der Waals surface area (Å²) in [5.41, 5.74) is 2.04. The van der Waals surface area contributed by atoms with Crippen LogP contribution >= 0.6 is 0 Å². The number of nitrogens with one attached hydrogen (secondary N) is 1. The highest BCUT2D eigenvalue weighted by Gasteiger charge is 2.77. The van der Waals surface area contributed by atoms with Crippen LogP contribution in [0.3, 0.4) is 0 Å². The highest BCUT2D eigenvalue weighted by Crippen LogP contribution is 2.67. The molecule has 0 saturated carbocycles. The summed E-state index contributed by atoms with van der Waals surface area (Å²) in [5, 5.41) is 4.00. The van der Waals surface area contributed by atoms with E-state index in [1.807, 2.05) is 102 Å². The lowest BCUT2D eigenvalue weighted by atomic mass is 9.95. The van der Waals surface area contributed by atoms with Crippen LogP contribution in [0.1, 0.15) is 52.7 Å². The molecule has 6 heteroatoms. The molecule has 1 saturated heterocycles. The fourth-order valence-corrected chi connectivity index (χ4v) is 4.29. The Labute approximate surface area is 183 Å². The van der Waals surface area contributed by atoms with Crippen molar-refractivity contribution in [2.45, 2.75) is 58.3 Å². The third-order valence-electron chi connectivity index (χ3n) is 5.31.